The Hall–Kier alpha value is -0.790. The van der Waals surface area contributed by atoms with Crippen molar-refractivity contribution >= 4 is 23.7 Å². The molecule has 0 saturated carbocycles. The van der Waals surface area contributed by atoms with Crippen molar-refractivity contribution in [3.8, 4) is 0 Å². The lowest BCUT2D eigenvalue weighted by atomic mass is 10.1. The maximum absolute atomic E-state index is 11.2. The quantitative estimate of drug-likeness (QED) is 0.536. The first kappa shape index (κ1) is 18.3. The van der Waals surface area contributed by atoms with Crippen molar-refractivity contribution in [2.75, 3.05) is 12.4 Å². The van der Waals surface area contributed by atoms with E-state index in [4.69, 9.17) is 14.2 Å². The highest BCUT2D eigenvalue weighted by Gasteiger charge is 2.41. The Morgan fingerprint density at radius 3 is 2.67 bits per heavy atom. The van der Waals surface area contributed by atoms with Crippen molar-refractivity contribution in [1.82, 2.24) is 0 Å². The third-order valence-electron chi connectivity index (χ3n) is 3.08. The van der Waals surface area contributed by atoms with E-state index in [0.29, 0.717) is 6.42 Å². The minimum atomic E-state index is -0.871. The van der Waals surface area contributed by atoms with Gasteiger partial charge in [0.25, 0.3) is 0 Å². The molecular weight excluding hydrogens is 296 g/mol. The first-order valence-corrected chi connectivity index (χ1v) is 8.24. The zero-order chi connectivity index (χ0) is 15.8. The van der Waals surface area contributed by atoms with Crippen LogP contribution in [0.4, 0.5) is 0 Å². The van der Waals surface area contributed by atoms with Crippen molar-refractivity contribution in [2.24, 2.45) is 0 Å². The summed E-state index contributed by atoms with van der Waals surface area (Å²) in [5.74, 6) is 0.0454. The van der Waals surface area contributed by atoms with Gasteiger partial charge in [-0.25, -0.2) is 0 Å². The minimum absolute atomic E-state index is 0.0199. The summed E-state index contributed by atoms with van der Waals surface area (Å²) in [7, 11) is 0. The second kappa shape index (κ2) is 9.27. The van der Waals surface area contributed by atoms with Gasteiger partial charge in [0.2, 0.25) is 0 Å². The molecule has 0 aromatic heterocycles. The zero-order valence-electron chi connectivity index (χ0n) is 12.7. The number of aliphatic hydroxyl groups excluding tert-OH is 1. The van der Waals surface area contributed by atoms with Crippen LogP contribution in [0.3, 0.4) is 0 Å². The summed E-state index contributed by atoms with van der Waals surface area (Å²) in [4.78, 5) is 22.2. The van der Waals surface area contributed by atoms with Gasteiger partial charge >= 0.3 is 11.9 Å². The van der Waals surface area contributed by atoms with Crippen molar-refractivity contribution in [2.45, 2.75) is 63.8 Å². The van der Waals surface area contributed by atoms with Crippen LogP contribution in [0, 0.1) is 0 Å². The Morgan fingerprint density at radius 2 is 2.10 bits per heavy atom. The molecule has 7 heteroatoms. The van der Waals surface area contributed by atoms with Crippen LogP contribution in [0.5, 0.6) is 0 Å². The number of hydrogen-bond acceptors (Lipinski definition) is 7. The average molecular weight is 320 g/mol. The molecule has 0 radical (unpaired) electrons. The molecule has 0 aliphatic carbocycles. The second-order valence-electron chi connectivity index (χ2n) is 5.00. The van der Waals surface area contributed by atoms with Gasteiger partial charge in [-0.05, 0) is 12.2 Å². The molecule has 0 spiro atoms. The molecular formula is C14H24O6S. The van der Waals surface area contributed by atoms with E-state index in [1.807, 2.05) is 0 Å². The van der Waals surface area contributed by atoms with E-state index in [0.717, 1.165) is 18.6 Å². The summed E-state index contributed by atoms with van der Waals surface area (Å²) >= 11 is 1.69. The van der Waals surface area contributed by atoms with E-state index in [9.17, 15) is 14.7 Å². The molecule has 1 aliphatic rings. The Kier molecular flexibility index (Phi) is 8.06. The SMILES string of the molecule is CCCCS[C@@H]1CC(O)O[C@@H]1[C@@H](COC(C)=O)OC(C)=O. The van der Waals surface area contributed by atoms with Crippen molar-refractivity contribution < 1.29 is 28.9 Å². The van der Waals surface area contributed by atoms with E-state index in [1.165, 1.54) is 13.8 Å². The molecule has 0 bridgehead atoms. The van der Waals surface area contributed by atoms with Gasteiger partial charge in [-0.2, -0.15) is 11.8 Å². The fraction of sp³-hybridized carbons (Fsp3) is 0.857. The van der Waals surface area contributed by atoms with Crippen LogP contribution in [0.15, 0.2) is 0 Å². The van der Waals surface area contributed by atoms with Crippen LogP contribution in [-0.4, -0.2) is 53.2 Å². The molecule has 122 valence electrons. The van der Waals surface area contributed by atoms with Crippen LogP contribution in [0.2, 0.25) is 0 Å². The molecule has 21 heavy (non-hydrogen) atoms. The normalized spacial score (nSPS) is 26.4. The molecule has 1 rings (SSSR count). The molecule has 1 N–H and O–H groups in total. The van der Waals surface area contributed by atoms with Crippen LogP contribution in [-0.2, 0) is 23.8 Å². The van der Waals surface area contributed by atoms with Gasteiger partial charge in [0.15, 0.2) is 12.4 Å². The Bertz CT molecular complexity index is 348. The number of aliphatic hydroxyl groups is 1. The Labute approximate surface area is 129 Å². The van der Waals surface area contributed by atoms with Crippen LogP contribution in [0.1, 0.15) is 40.0 Å². The number of hydrogen-bond donors (Lipinski definition) is 1. The number of unbranched alkanes of at least 4 members (excludes halogenated alkanes) is 1. The summed E-state index contributed by atoms with van der Waals surface area (Å²) in [6.07, 6.45) is 0.620. The molecule has 0 aromatic carbocycles. The monoisotopic (exact) mass is 320 g/mol. The lowest BCUT2D eigenvalue weighted by molar-refractivity contribution is -0.174. The molecule has 0 amide bonds. The molecule has 1 unspecified atom stereocenters. The molecule has 1 aliphatic heterocycles. The van der Waals surface area contributed by atoms with Crippen LogP contribution in [0.25, 0.3) is 0 Å². The number of ether oxygens (including phenoxy) is 3. The van der Waals surface area contributed by atoms with E-state index in [1.54, 1.807) is 11.8 Å². The van der Waals surface area contributed by atoms with Gasteiger partial charge in [0.05, 0.1) is 0 Å². The third-order valence-corrected chi connectivity index (χ3v) is 4.49. The lowest BCUT2D eigenvalue weighted by Gasteiger charge is -2.26. The fourth-order valence-electron chi connectivity index (χ4n) is 2.13. The summed E-state index contributed by atoms with van der Waals surface area (Å²) in [5.41, 5.74) is 0. The summed E-state index contributed by atoms with van der Waals surface area (Å²) < 4.78 is 15.6. The lowest BCUT2D eigenvalue weighted by Crippen LogP contribution is -2.40. The number of rotatable bonds is 8. The molecule has 4 atom stereocenters. The largest absolute Gasteiger partial charge is 0.462 e. The van der Waals surface area contributed by atoms with Gasteiger partial charge < -0.3 is 19.3 Å². The predicted molar refractivity (Wildman–Crippen MR) is 78.8 cm³/mol. The minimum Gasteiger partial charge on any atom is -0.462 e. The molecule has 1 saturated heterocycles. The predicted octanol–water partition coefficient (Wildman–Crippen LogP) is 1.49. The first-order valence-electron chi connectivity index (χ1n) is 7.19. The Morgan fingerprint density at radius 1 is 1.38 bits per heavy atom. The van der Waals surface area contributed by atoms with E-state index in [-0.39, 0.29) is 11.9 Å². The van der Waals surface area contributed by atoms with Gasteiger partial charge in [0, 0.05) is 25.5 Å². The molecule has 6 nitrogen and oxygen atoms in total. The maximum Gasteiger partial charge on any atom is 0.303 e. The fourth-order valence-corrected chi connectivity index (χ4v) is 3.62. The molecule has 1 heterocycles. The van der Waals surface area contributed by atoms with E-state index in [2.05, 4.69) is 6.92 Å². The number of thioether (sulfide) groups is 1. The third kappa shape index (κ3) is 6.67. The number of carbonyl (C=O) groups excluding carboxylic acids is 2. The smallest absolute Gasteiger partial charge is 0.303 e. The van der Waals surface area contributed by atoms with E-state index < -0.39 is 30.4 Å². The van der Waals surface area contributed by atoms with Gasteiger partial charge in [0.1, 0.15) is 12.7 Å². The second-order valence-corrected chi connectivity index (χ2v) is 6.35. The highest BCUT2D eigenvalue weighted by molar-refractivity contribution is 7.99. The topological polar surface area (TPSA) is 82.1 Å². The van der Waals surface area contributed by atoms with E-state index >= 15 is 0 Å². The Balaban J connectivity index is 2.66. The highest BCUT2D eigenvalue weighted by Crippen LogP contribution is 2.33. The number of esters is 2. The molecule has 1 fully saturated rings. The van der Waals surface area contributed by atoms with Gasteiger partial charge in [-0.1, -0.05) is 13.3 Å². The number of carbonyl (C=O) groups is 2. The first-order chi connectivity index (χ1) is 9.93. The van der Waals surface area contributed by atoms with Crippen LogP contribution >= 0.6 is 11.8 Å². The van der Waals surface area contributed by atoms with Gasteiger partial charge in [-0.3, -0.25) is 9.59 Å². The van der Waals surface area contributed by atoms with Gasteiger partial charge in [-0.15, -0.1) is 0 Å². The summed E-state index contributed by atoms with van der Waals surface area (Å²) in [6, 6.07) is 0. The summed E-state index contributed by atoms with van der Waals surface area (Å²) in [5, 5.41) is 9.72. The highest BCUT2D eigenvalue weighted by atomic mass is 32.2. The van der Waals surface area contributed by atoms with Crippen LogP contribution < -0.4 is 0 Å². The average Bonchev–Trinajstić information content (AvgIpc) is 2.75. The summed E-state index contributed by atoms with van der Waals surface area (Å²) in [6.45, 7) is 4.64. The van der Waals surface area contributed by atoms with Crippen molar-refractivity contribution in [3.05, 3.63) is 0 Å². The maximum atomic E-state index is 11.2. The molecule has 0 aromatic rings. The standard InChI is InChI=1S/C14H24O6S/c1-4-5-6-21-12-7-13(17)20-14(12)11(19-10(3)16)8-18-9(2)15/h11-14,17H,4-8H2,1-3H3/t11-,12-,13?,14-/m1/s1. The zero-order valence-corrected chi connectivity index (χ0v) is 13.6. The van der Waals surface area contributed by atoms with Crippen molar-refractivity contribution in [3.63, 3.8) is 0 Å². The van der Waals surface area contributed by atoms with Crippen molar-refractivity contribution in [1.29, 1.82) is 0 Å².